The Hall–Kier alpha value is -2.08. The van der Waals surface area contributed by atoms with Crippen LogP contribution >= 0.6 is 24.0 Å². The van der Waals surface area contributed by atoms with Crippen LogP contribution in [0.5, 0.6) is 0 Å². The van der Waals surface area contributed by atoms with Crippen molar-refractivity contribution in [1.29, 1.82) is 0 Å². The van der Waals surface area contributed by atoms with Crippen molar-refractivity contribution in [3.8, 4) is 0 Å². The maximum Gasteiger partial charge on any atom is 0.411 e. The molecule has 1 fully saturated rings. The van der Waals surface area contributed by atoms with Crippen LogP contribution in [0.15, 0.2) is 53.7 Å². The molecule has 0 amide bonds. The molecule has 1 aromatic carbocycles. The predicted octanol–water partition coefficient (Wildman–Crippen LogP) is 3.68. The highest BCUT2D eigenvalue weighted by Crippen LogP contribution is 2.16. The Morgan fingerprint density at radius 1 is 1.10 bits per heavy atom. The van der Waals surface area contributed by atoms with E-state index in [1.165, 1.54) is 0 Å². The molecule has 0 unspecified atom stereocenters. The quantitative estimate of drug-likeness (QED) is 0.339. The molecule has 31 heavy (non-hydrogen) atoms. The van der Waals surface area contributed by atoms with Crippen LogP contribution in [0, 0.1) is 0 Å². The maximum atomic E-state index is 12.2. The second kappa shape index (κ2) is 12.1. The minimum Gasteiger partial charge on any atom is -0.367 e. The standard InChI is InChI=1S/C21H26F3N5O.HI/c1-25-20(29-11-9-28(10-12-29)19-7-2-3-8-26-19)27-14-17-5-4-6-18(13-17)15-30-16-21(22,23)24;/h2-8,13H,9-12,14-16H2,1H3,(H,25,27);1H. The number of alkyl halides is 3. The molecule has 0 saturated carbocycles. The van der Waals surface area contributed by atoms with Crippen LogP contribution in [-0.4, -0.2) is 61.9 Å². The van der Waals surface area contributed by atoms with Gasteiger partial charge in [-0.15, -0.1) is 24.0 Å². The highest BCUT2D eigenvalue weighted by molar-refractivity contribution is 14.0. The number of rotatable bonds is 6. The van der Waals surface area contributed by atoms with Gasteiger partial charge in [-0.25, -0.2) is 4.98 Å². The highest BCUT2D eigenvalue weighted by atomic mass is 127. The lowest BCUT2D eigenvalue weighted by Gasteiger charge is -2.37. The van der Waals surface area contributed by atoms with Crippen LogP contribution in [0.2, 0.25) is 0 Å². The Kier molecular flexibility index (Phi) is 9.82. The van der Waals surface area contributed by atoms with Gasteiger partial charge in [0.25, 0.3) is 0 Å². The number of hydrogen-bond donors (Lipinski definition) is 1. The first-order chi connectivity index (χ1) is 14.4. The number of halogens is 4. The Balaban J connectivity index is 0.00000341. The van der Waals surface area contributed by atoms with E-state index in [2.05, 4.69) is 25.1 Å². The second-order valence-electron chi connectivity index (χ2n) is 6.99. The summed E-state index contributed by atoms with van der Waals surface area (Å²) in [5, 5.41) is 3.34. The molecule has 1 aromatic heterocycles. The number of ether oxygens (including phenoxy) is 1. The average Bonchev–Trinajstić information content (AvgIpc) is 2.75. The first kappa shape index (κ1) is 25.2. The molecule has 0 atom stereocenters. The zero-order chi connectivity index (χ0) is 21.4. The molecule has 170 valence electrons. The van der Waals surface area contributed by atoms with Crippen molar-refractivity contribution in [2.24, 2.45) is 4.99 Å². The van der Waals surface area contributed by atoms with E-state index in [-0.39, 0.29) is 30.6 Å². The Morgan fingerprint density at radius 3 is 2.48 bits per heavy atom. The van der Waals surface area contributed by atoms with Crippen molar-refractivity contribution >= 4 is 35.8 Å². The minimum atomic E-state index is -4.31. The van der Waals surface area contributed by atoms with E-state index >= 15 is 0 Å². The molecule has 0 bridgehead atoms. The molecule has 0 radical (unpaired) electrons. The maximum absolute atomic E-state index is 12.2. The summed E-state index contributed by atoms with van der Waals surface area (Å²) in [6, 6.07) is 13.2. The monoisotopic (exact) mass is 549 g/mol. The number of pyridine rings is 1. The number of benzene rings is 1. The third-order valence-electron chi connectivity index (χ3n) is 4.74. The van der Waals surface area contributed by atoms with Gasteiger partial charge in [0, 0.05) is 46.0 Å². The zero-order valence-corrected chi connectivity index (χ0v) is 19.6. The van der Waals surface area contributed by atoms with Gasteiger partial charge in [0.05, 0.1) is 6.61 Å². The second-order valence-corrected chi connectivity index (χ2v) is 6.99. The minimum absolute atomic E-state index is 0. The van der Waals surface area contributed by atoms with Gasteiger partial charge in [-0.3, -0.25) is 4.99 Å². The summed E-state index contributed by atoms with van der Waals surface area (Å²) in [6.45, 7) is 2.56. The van der Waals surface area contributed by atoms with Gasteiger partial charge < -0.3 is 19.9 Å². The Morgan fingerprint density at radius 2 is 1.84 bits per heavy atom. The molecule has 2 heterocycles. The molecule has 1 saturated heterocycles. The molecule has 1 aliphatic heterocycles. The molecule has 1 N–H and O–H groups in total. The lowest BCUT2D eigenvalue weighted by atomic mass is 10.1. The van der Waals surface area contributed by atoms with E-state index in [1.54, 1.807) is 19.3 Å². The average molecular weight is 549 g/mol. The van der Waals surface area contributed by atoms with Gasteiger partial charge in [-0.2, -0.15) is 13.2 Å². The topological polar surface area (TPSA) is 53.0 Å². The third-order valence-corrected chi connectivity index (χ3v) is 4.74. The summed E-state index contributed by atoms with van der Waals surface area (Å²) < 4.78 is 41.4. The molecule has 6 nitrogen and oxygen atoms in total. The van der Waals surface area contributed by atoms with Crippen molar-refractivity contribution < 1.29 is 17.9 Å². The van der Waals surface area contributed by atoms with Crippen LogP contribution in [0.1, 0.15) is 11.1 Å². The Bertz CT molecular complexity index is 827. The molecular weight excluding hydrogens is 522 g/mol. The third kappa shape index (κ3) is 8.17. The number of hydrogen-bond acceptors (Lipinski definition) is 4. The fourth-order valence-electron chi connectivity index (χ4n) is 3.32. The van der Waals surface area contributed by atoms with Gasteiger partial charge in [0.1, 0.15) is 12.4 Å². The van der Waals surface area contributed by atoms with Crippen molar-refractivity contribution in [2.75, 3.05) is 44.7 Å². The number of anilines is 1. The number of aliphatic imine (C=N–C) groups is 1. The summed E-state index contributed by atoms with van der Waals surface area (Å²) >= 11 is 0. The van der Waals surface area contributed by atoms with Crippen LogP contribution in [0.4, 0.5) is 19.0 Å². The van der Waals surface area contributed by atoms with E-state index in [4.69, 9.17) is 4.74 Å². The van der Waals surface area contributed by atoms with E-state index in [0.717, 1.165) is 43.5 Å². The van der Waals surface area contributed by atoms with Crippen LogP contribution < -0.4 is 10.2 Å². The smallest absolute Gasteiger partial charge is 0.367 e. The van der Waals surface area contributed by atoms with Crippen molar-refractivity contribution in [3.63, 3.8) is 0 Å². The van der Waals surface area contributed by atoms with Crippen LogP contribution in [0.25, 0.3) is 0 Å². The van der Waals surface area contributed by atoms with Crippen LogP contribution in [0.3, 0.4) is 0 Å². The zero-order valence-electron chi connectivity index (χ0n) is 17.3. The first-order valence-corrected chi connectivity index (χ1v) is 9.78. The van der Waals surface area contributed by atoms with Gasteiger partial charge >= 0.3 is 6.18 Å². The number of piperazine rings is 1. The lowest BCUT2D eigenvalue weighted by molar-refractivity contribution is -0.176. The van der Waals surface area contributed by atoms with E-state index < -0.39 is 12.8 Å². The molecule has 0 aliphatic carbocycles. The summed E-state index contributed by atoms with van der Waals surface area (Å²) in [6.07, 6.45) is -2.52. The number of aromatic nitrogens is 1. The molecule has 1 aliphatic rings. The summed E-state index contributed by atoms with van der Waals surface area (Å²) in [7, 11) is 1.74. The number of nitrogens with zero attached hydrogens (tertiary/aromatic N) is 4. The predicted molar refractivity (Wildman–Crippen MR) is 126 cm³/mol. The summed E-state index contributed by atoms with van der Waals surface area (Å²) in [5.74, 6) is 1.78. The highest BCUT2D eigenvalue weighted by Gasteiger charge is 2.27. The van der Waals surface area contributed by atoms with Crippen molar-refractivity contribution in [2.45, 2.75) is 19.3 Å². The van der Waals surface area contributed by atoms with Gasteiger partial charge in [-0.1, -0.05) is 30.3 Å². The Labute approximate surface area is 197 Å². The van der Waals surface area contributed by atoms with Gasteiger partial charge in [0.15, 0.2) is 5.96 Å². The molecule has 3 rings (SSSR count). The molecule has 0 spiro atoms. The van der Waals surface area contributed by atoms with E-state index in [9.17, 15) is 13.2 Å². The van der Waals surface area contributed by atoms with Crippen molar-refractivity contribution in [3.05, 3.63) is 59.8 Å². The normalized spacial score (nSPS) is 14.9. The number of guanidine groups is 1. The molecule has 10 heteroatoms. The fraction of sp³-hybridized carbons (Fsp3) is 0.429. The summed E-state index contributed by atoms with van der Waals surface area (Å²) in [5.41, 5.74) is 1.66. The van der Waals surface area contributed by atoms with Gasteiger partial charge in [-0.05, 0) is 23.3 Å². The van der Waals surface area contributed by atoms with Crippen molar-refractivity contribution in [1.82, 2.24) is 15.2 Å². The van der Waals surface area contributed by atoms with E-state index in [0.29, 0.717) is 12.1 Å². The first-order valence-electron chi connectivity index (χ1n) is 9.78. The number of nitrogens with one attached hydrogen (secondary N) is 1. The largest absolute Gasteiger partial charge is 0.411 e. The lowest BCUT2D eigenvalue weighted by Crippen LogP contribution is -2.52. The van der Waals surface area contributed by atoms with Gasteiger partial charge in [0.2, 0.25) is 0 Å². The van der Waals surface area contributed by atoms with E-state index in [1.807, 2.05) is 36.4 Å². The fourth-order valence-corrected chi connectivity index (χ4v) is 3.32. The van der Waals surface area contributed by atoms with Crippen LogP contribution in [-0.2, 0) is 17.9 Å². The molecule has 2 aromatic rings. The molecular formula is C21H27F3IN5O. The summed E-state index contributed by atoms with van der Waals surface area (Å²) in [4.78, 5) is 13.2. The SMILES string of the molecule is CN=C(NCc1cccc(COCC(F)(F)F)c1)N1CCN(c2ccccn2)CC1.I.